The van der Waals surface area contributed by atoms with Crippen LogP contribution in [-0.4, -0.2) is 33.8 Å². The Balaban J connectivity index is 1.71. The Hall–Kier alpha value is -4.05. The smallest absolute Gasteiger partial charge is 0.344 e. The zero-order valence-corrected chi connectivity index (χ0v) is 16.9. The Kier molecular flexibility index (Phi) is 5.46. The first-order valence-electron chi connectivity index (χ1n) is 9.64. The maximum Gasteiger partial charge on any atom is 0.344 e. The van der Waals surface area contributed by atoms with Crippen molar-refractivity contribution in [3.63, 3.8) is 0 Å². The summed E-state index contributed by atoms with van der Waals surface area (Å²) in [5.74, 6) is 0.716. The van der Waals surface area contributed by atoms with E-state index in [0.717, 1.165) is 11.1 Å². The van der Waals surface area contributed by atoms with Crippen molar-refractivity contribution in [1.29, 1.82) is 0 Å². The predicted molar refractivity (Wildman–Crippen MR) is 115 cm³/mol. The van der Waals surface area contributed by atoms with Gasteiger partial charge in [0.25, 0.3) is 5.56 Å². The van der Waals surface area contributed by atoms with Gasteiger partial charge in [-0.25, -0.2) is 9.78 Å². The Labute approximate surface area is 177 Å². The highest BCUT2D eigenvalue weighted by Crippen LogP contribution is 2.34. The maximum absolute atomic E-state index is 12.3. The molecule has 10 nitrogen and oxygen atoms in total. The second kappa shape index (κ2) is 8.36. The van der Waals surface area contributed by atoms with E-state index in [9.17, 15) is 9.59 Å². The summed E-state index contributed by atoms with van der Waals surface area (Å²) in [5.41, 5.74) is 10.4. The van der Waals surface area contributed by atoms with E-state index in [-0.39, 0.29) is 5.56 Å². The number of aromatic nitrogens is 2. The summed E-state index contributed by atoms with van der Waals surface area (Å²) in [6.07, 6.45) is -0.961. The van der Waals surface area contributed by atoms with E-state index in [1.807, 2.05) is 31.2 Å². The average molecular weight is 423 g/mol. The minimum atomic E-state index is -1.04. The number of nitrogens with one attached hydrogen (secondary N) is 4. The van der Waals surface area contributed by atoms with Gasteiger partial charge in [0, 0.05) is 0 Å². The summed E-state index contributed by atoms with van der Waals surface area (Å²) in [4.78, 5) is 30.6. The van der Waals surface area contributed by atoms with Crippen molar-refractivity contribution in [3.05, 3.63) is 52.8 Å². The SMILES string of the molecule is CCOc1cc(-c2cccc(O[C@H](C)C(=O)O)c2)ccc1-c1nc2c(c(=O)[nH]1)NNN2. The first kappa shape index (κ1) is 20.2. The van der Waals surface area contributed by atoms with Gasteiger partial charge in [-0.2, -0.15) is 0 Å². The van der Waals surface area contributed by atoms with Gasteiger partial charge in [-0.15, -0.1) is 5.53 Å². The molecule has 5 N–H and O–H groups in total. The van der Waals surface area contributed by atoms with Gasteiger partial charge >= 0.3 is 5.97 Å². The number of H-pyrrole nitrogens is 1. The van der Waals surface area contributed by atoms with Crippen LogP contribution in [0.15, 0.2) is 47.3 Å². The van der Waals surface area contributed by atoms with Crippen LogP contribution in [0.4, 0.5) is 11.5 Å². The first-order valence-corrected chi connectivity index (χ1v) is 9.64. The van der Waals surface area contributed by atoms with Crippen LogP contribution in [0.25, 0.3) is 22.5 Å². The molecule has 1 aromatic heterocycles. The molecule has 4 rings (SSSR count). The summed E-state index contributed by atoms with van der Waals surface area (Å²) >= 11 is 0. The minimum Gasteiger partial charge on any atom is -0.493 e. The van der Waals surface area contributed by atoms with Crippen LogP contribution < -0.4 is 31.4 Å². The number of rotatable bonds is 7. The number of hydrogen-bond donors (Lipinski definition) is 5. The van der Waals surface area contributed by atoms with E-state index in [4.69, 9.17) is 14.6 Å². The second-order valence-corrected chi connectivity index (χ2v) is 6.78. The van der Waals surface area contributed by atoms with Crippen LogP contribution >= 0.6 is 0 Å². The summed E-state index contributed by atoms with van der Waals surface area (Å²) in [5, 5.41) is 9.06. The number of aliphatic carboxylic acids is 1. The third kappa shape index (κ3) is 4.14. The van der Waals surface area contributed by atoms with Crippen LogP contribution in [-0.2, 0) is 4.79 Å². The number of anilines is 2. The Morgan fingerprint density at radius 2 is 1.97 bits per heavy atom. The van der Waals surface area contributed by atoms with E-state index in [1.165, 1.54) is 6.92 Å². The normalized spacial score (nSPS) is 13.0. The first-order chi connectivity index (χ1) is 15.0. The van der Waals surface area contributed by atoms with Crippen molar-refractivity contribution in [2.75, 3.05) is 17.5 Å². The Morgan fingerprint density at radius 1 is 1.16 bits per heavy atom. The van der Waals surface area contributed by atoms with E-state index in [2.05, 4.69) is 26.4 Å². The van der Waals surface area contributed by atoms with Gasteiger partial charge in [0.2, 0.25) is 0 Å². The lowest BCUT2D eigenvalue weighted by atomic mass is 10.0. The molecule has 0 fully saturated rings. The molecule has 0 unspecified atom stereocenters. The number of hydrazine groups is 2. The molecule has 1 aliphatic rings. The third-order valence-electron chi connectivity index (χ3n) is 4.65. The molecule has 3 aromatic rings. The van der Waals surface area contributed by atoms with Gasteiger partial charge in [0.1, 0.15) is 17.3 Å². The molecule has 0 saturated carbocycles. The molecule has 160 valence electrons. The lowest BCUT2D eigenvalue weighted by Crippen LogP contribution is -2.22. The molecule has 0 radical (unpaired) electrons. The van der Waals surface area contributed by atoms with Crippen LogP contribution in [0.2, 0.25) is 0 Å². The molecule has 0 aliphatic carbocycles. The number of carboxylic acids is 1. The molecular weight excluding hydrogens is 402 g/mol. The van der Waals surface area contributed by atoms with Crippen LogP contribution in [0, 0.1) is 0 Å². The number of carboxylic acid groups (broad SMARTS) is 1. The summed E-state index contributed by atoms with van der Waals surface area (Å²) in [6, 6.07) is 12.7. The fourth-order valence-corrected chi connectivity index (χ4v) is 3.14. The van der Waals surface area contributed by atoms with Crippen molar-refractivity contribution in [1.82, 2.24) is 15.5 Å². The van der Waals surface area contributed by atoms with E-state index >= 15 is 0 Å². The monoisotopic (exact) mass is 423 g/mol. The zero-order chi connectivity index (χ0) is 22.0. The Bertz CT molecular complexity index is 1190. The summed E-state index contributed by atoms with van der Waals surface area (Å²) in [6.45, 7) is 3.76. The van der Waals surface area contributed by atoms with Crippen molar-refractivity contribution in [3.8, 4) is 34.0 Å². The highest BCUT2D eigenvalue weighted by molar-refractivity contribution is 5.76. The molecular formula is C21H21N5O5. The largest absolute Gasteiger partial charge is 0.493 e. The zero-order valence-electron chi connectivity index (χ0n) is 16.9. The number of nitrogens with zero attached hydrogens (tertiary/aromatic N) is 1. The Morgan fingerprint density at radius 3 is 2.74 bits per heavy atom. The van der Waals surface area contributed by atoms with E-state index in [1.54, 1.807) is 18.2 Å². The predicted octanol–water partition coefficient (Wildman–Crippen LogP) is 2.61. The maximum atomic E-state index is 12.3. The van der Waals surface area contributed by atoms with Crippen LogP contribution in [0.3, 0.4) is 0 Å². The van der Waals surface area contributed by atoms with E-state index < -0.39 is 12.1 Å². The van der Waals surface area contributed by atoms with Crippen molar-refractivity contribution >= 4 is 17.5 Å². The van der Waals surface area contributed by atoms with Crippen LogP contribution in [0.5, 0.6) is 11.5 Å². The van der Waals surface area contributed by atoms with Crippen LogP contribution in [0.1, 0.15) is 13.8 Å². The number of ether oxygens (including phenoxy) is 2. The molecule has 1 atom stereocenters. The number of fused-ring (bicyclic) bond motifs is 1. The van der Waals surface area contributed by atoms with Gasteiger partial charge in [0.15, 0.2) is 17.6 Å². The van der Waals surface area contributed by atoms with Gasteiger partial charge in [-0.05, 0) is 49.2 Å². The molecule has 10 heteroatoms. The summed E-state index contributed by atoms with van der Waals surface area (Å²) in [7, 11) is 0. The molecule has 31 heavy (non-hydrogen) atoms. The van der Waals surface area contributed by atoms with Crippen molar-refractivity contribution in [2.45, 2.75) is 20.0 Å². The summed E-state index contributed by atoms with van der Waals surface area (Å²) < 4.78 is 11.3. The van der Waals surface area contributed by atoms with Crippen molar-refractivity contribution < 1.29 is 19.4 Å². The van der Waals surface area contributed by atoms with E-state index in [0.29, 0.717) is 41.0 Å². The molecule has 2 heterocycles. The fraction of sp³-hybridized carbons (Fsp3) is 0.190. The number of carbonyl (C=O) groups is 1. The molecule has 0 amide bonds. The molecule has 1 aliphatic heterocycles. The number of hydrogen-bond acceptors (Lipinski definition) is 8. The highest BCUT2D eigenvalue weighted by Gasteiger charge is 2.19. The molecule has 2 aromatic carbocycles. The quantitative estimate of drug-likeness (QED) is 0.388. The minimum absolute atomic E-state index is 0.311. The number of benzene rings is 2. The molecule has 0 spiro atoms. The fourth-order valence-electron chi connectivity index (χ4n) is 3.14. The number of aromatic amines is 1. The van der Waals surface area contributed by atoms with Crippen molar-refractivity contribution in [2.24, 2.45) is 0 Å². The topological polar surface area (TPSA) is 138 Å². The lowest BCUT2D eigenvalue weighted by Gasteiger charge is -2.14. The van der Waals surface area contributed by atoms with Gasteiger partial charge < -0.3 is 19.6 Å². The standard InChI is InChI=1S/C21H21N5O5/c1-3-30-16-10-13(12-5-4-6-14(9-12)31-11(2)21(28)29)7-8-15(16)18-22-19-17(20(27)23-18)24-26-25-19/h4-11,24,26H,3H2,1-2H3,(H,28,29)(H2,22,23,25,27)/t11-/m1/s1. The molecule has 0 saturated heterocycles. The third-order valence-corrected chi connectivity index (χ3v) is 4.65. The average Bonchev–Trinajstić information content (AvgIpc) is 3.23. The van der Waals surface area contributed by atoms with Gasteiger partial charge in [0.05, 0.1) is 12.2 Å². The highest BCUT2D eigenvalue weighted by atomic mass is 16.5. The van der Waals surface area contributed by atoms with Gasteiger partial charge in [-0.1, -0.05) is 18.2 Å². The molecule has 0 bridgehead atoms. The second-order valence-electron chi connectivity index (χ2n) is 6.78. The lowest BCUT2D eigenvalue weighted by molar-refractivity contribution is -0.144. The van der Waals surface area contributed by atoms with Gasteiger partial charge in [-0.3, -0.25) is 15.6 Å².